The quantitative estimate of drug-likeness (QED) is 0.114. The first-order valence-electron chi connectivity index (χ1n) is 16.5. The van der Waals surface area contributed by atoms with Crippen LogP contribution in [0.5, 0.6) is 0 Å². The lowest BCUT2D eigenvalue weighted by atomic mass is 9.82. The van der Waals surface area contributed by atoms with E-state index in [9.17, 15) is 34.7 Å². The molecule has 0 aromatic heterocycles. The summed E-state index contributed by atoms with van der Waals surface area (Å²) in [6, 6.07) is 28.4. The summed E-state index contributed by atoms with van der Waals surface area (Å²) in [6.07, 6.45) is 4.19. The van der Waals surface area contributed by atoms with E-state index in [2.05, 4.69) is 0 Å². The molecule has 0 unspecified atom stereocenters. The number of hydrogen-bond donors (Lipinski definition) is 2. The minimum atomic E-state index is -2.14. The van der Waals surface area contributed by atoms with Gasteiger partial charge in [0.1, 0.15) is 0 Å². The number of benzene rings is 4. The Morgan fingerprint density at radius 2 is 1.68 bits per heavy atom. The van der Waals surface area contributed by atoms with Gasteiger partial charge in [0.05, 0.1) is 29.4 Å². The number of rotatable bonds is 12. The summed E-state index contributed by atoms with van der Waals surface area (Å²) in [5.41, 5.74) is 2.32. The van der Waals surface area contributed by atoms with Crippen molar-refractivity contribution < 1.29 is 29.5 Å². The number of carbonyl (C=O) groups is 3. The number of nitro benzene ring substituents is 1. The molecule has 50 heavy (non-hydrogen) atoms. The van der Waals surface area contributed by atoms with Gasteiger partial charge in [-0.1, -0.05) is 79.7 Å². The van der Waals surface area contributed by atoms with Crippen molar-refractivity contribution in [3.63, 3.8) is 0 Å². The maximum atomic E-state index is 14.1. The molecule has 2 heterocycles. The van der Waals surface area contributed by atoms with E-state index in [1.54, 1.807) is 24.0 Å². The first-order chi connectivity index (χ1) is 24.1. The lowest BCUT2D eigenvalue weighted by molar-refractivity contribution is -0.385. The lowest BCUT2D eigenvalue weighted by Gasteiger charge is -2.30. The Hall–Kier alpha value is -5.65. The van der Waals surface area contributed by atoms with E-state index in [4.69, 9.17) is 0 Å². The Morgan fingerprint density at radius 3 is 2.40 bits per heavy atom. The average Bonchev–Trinajstić information content (AvgIpc) is 3.34. The van der Waals surface area contributed by atoms with E-state index in [0.29, 0.717) is 30.8 Å². The van der Waals surface area contributed by atoms with Gasteiger partial charge in [-0.05, 0) is 47.4 Å². The van der Waals surface area contributed by atoms with E-state index in [-0.39, 0.29) is 49.2 Å². The Morgan fingerprint density at radius 1 is 0.960 bits per heavy atom. The van der Waals surface area contributed by atoms with Gasteiger partial charge in [-0.2, -0.15) is 0 Å². The van der Waals surface area contributed by atoms with E-state index in [1.807, 2.05) is 78.9 Å². The van der Waals surface area contributed by atoms with Gasteiger partial charge in [0.15, 0.2) is 5.60 Å². The molecule has 0 spiro atoms. The molecule has 0 aliphatic carbocycles. The number of anilines is 3. The zero-order valence-corrected chi connectivity index (χ0v) is 27.6. The smallest absolute Gasteiger partial charge is 0.269 e. The lowest BCUT2D eigenvalue weighted by Crippen LogP contribution is -2.44. The molecule has 0 fully saturated rings. The molecule has 0 saturated heterocycles. The molecule has 2 N–H and O–H groups in total. The molecule has 3 amide bonds. The normalized spacial score (nSPS) is 17.5. The maximum absolute atomic E-state index is 14.1. The van der Waals surface area contributed by atoms with Gasteiger partial charge in [0.2, 0.25) is 11.8 Å². The topological polar surface area (TPSA) is 145 Å². The number of aryl methyl sites for hydroxylation is 1. The van der Waals surface area contributed by atoms with Gasteiger partial charge in [0.25, 0.3) is 11.6 Å². The molecule has 4 aromatic carbocycles. The average molecular weight is 675 g/mol. The number of hydrogen-bond acceptors (Lipinski definition) is 7. The second-order valence-electron chi connectivity index (χ2n) is 12.6. The summed E-state index contributed by atoms with van der Waals surface area (Å²) in [5, 5.41) is 33.3. The van der Waals surface area contributed by atoms with Crippen LogP contribution in [-0.4, -0.2) is 50.9 Å². The van der Waals surface area contributed by atoms with Gasteiger partial charge < -0.3 is 20.0 Å². The molecule has 0 bridgehead atoms. The van der Waals surface area contributed by atoms with Crippen molar-refractivity contribution in [3.05, 3.63) is 142 Å². The minimum absolute atomic E-state index is 0.00667. The number of nitro groups is 1. The van der Waals surface area contributed by atoms with E-state index in [0.717, 1.165) is 22.4 Å². The van der Waals surface area contributed by atoms with Crippen LogP contribution >= 0.6 is 0 Å². The number of aliphatic hydroxyl groups is 2. The highest BCUT2D eigenvalue weighted by molar-refractivity contribution is 6.07. The van der Waals surface area contributed by atoms with Crippen LogP contribution in [-0.2, 0) is 39.5 Å². The number of aliphatic hydroxyl groups excluding tert-OH is 1. The molecule has 4 aromatic rings. The van der Waals surface area contributed by atoms with Crippen molar-refractivity contribution in [2.24, 2.45) is 5.92 Å². The zero-order chi connectivity index (χ0) is 35.4. The fourth-order valence-corrected chi connectivity index (χ4v) is 6.71. The van der Waals surface area contributed by atoms with Crippen LogP contribution in [0.1, 0.15) is 42.0 Å². The summed E-state index contributed by atoms with van der Waals surface area (Å²) < 4.78 is 0. The molecule has 256 valence electrons. The van der Waals surface area contributed by atoms with Crippen molar-refractivity contribution in [2.45, 2.75) is 44.9 Å². The van der Waals surface area contributed by atoms with Gasteiger partial charge in [0, 0.05) is 55.2 Å². The minimum Gasteiger partial charge on any atom is -0.395 e. The highest BCUT2D eigenvalue weighted by atomic mass is 16.6. The van der Waals surface area contributed by atoms with Crippen LogP contribution in [0.4, 0.5) is 22.7 Å². The predicted octanol–water partition coefficient (Wildman–Crippen LogP) is 5.54. The molecule has 2 aliphatic rings. The van der Waals surface area contributed by atoms with E-state index in [1.165, 1.54) is 28.0 Å². The molecule has 11 nitrogen and oxygen atoms in total. The molecule has 0 saturated carbocycles. The van der Waals surface area contributed by atoms with Gasteiger partial charge in [-0.15, -0.1) is 0 Å². The number of amides is 3. The first-order valence-corrected chi connectivity index (χ1v) is 16.5. The monoisotopic (exact) mass is 674 g/mol. The Balaban J connectivity index is 1.22. The second kappa shape index (κ2) is 14.5. The third-order valence-electron chi connectivity index (χ3n) is 9.40. The van der Waals surface area contributed by atoms with Crippen LogP contribution in [0.2, 0.25) is 0 Å². The van der Waals surface area contributed by atoms with E-state index < -0.39 is 22.3 Å². The number of fused-ring (bicyclic) bond motifs is 2. The predicted molar refractivity (Wildman–Crippen MR) is 188 cm³/mol. The molecular formula is C39H38N4O7. The first kappa shape index (κ1) is 34.2. The van der Waals surface area contributed by atoms with Crippen molar-refractivity contribution >= 4 is 40.5 Å². The second-order valence-corrected chi connectivity index (χ2v) is 12.6. The van der Waals surface area contributed by atoms with Crippen LogP contribution in [0.3, 0.4) is 0 Å². The summed E-state index contributed by atoms with van der Waals surface area (Å²) >= 11 is 0. The highest BCUT2D eigenvalue weighted by Gasteiger charge is 2.53. The SMILES string of the molecule is C[C@H](/C=C/CC(=O)N(CCO)Cc1ccccc1)[C@@]1(O)C(=O)N(Cc2ccc(N3C(=O)CCc4ccccc43)cc2)c2ccc([N+](=O)[O-])cc21. The summed E-state index contributed by atoms with van der Waals surface area (Å²) in [7, 11) is 0. The molecule has 0 radical (unpaired) electrons. The maximum Gasteiger partial charge on any atom is 0.269 e. The summed E-state index contributed by atoms with van der Waals surface area (Å²) in [5.74, 6) is -1.76. The largest absolute Gasteiger partial charge is 0.395 e. The van der Waals surface area contributed by atoms with Crippen molar-refractivity contribution in [2.75, 3.05) is 23.0 Å². The molecule has 6 rings (SSSR count). The Labute approximate surface area is 289 Å². The van der Waals surface area contributed by atoms with Crippen LogP contribution < -0.4 is 9.80 Å². The highest BCUT2D eigenvalue weighted by Crippen LogP contribution is 2.47. The standard InChI is InChI=1S/C39H38N4O7/c1-27(8-7-13-36(45)40(22-23-44)25-28-9-3-2-4-10-28)39(48)33-24-32(43(49)50)19-20-35(33)41(38(39)47)26-29-14-17-31(18-15-29)42-34-12-6-5-11-30(34)16-21-37(42)46/h2-12,14-15,17-20,24,27,44,48H,13,16,21-23,25-26H2,1H3/b8-7+/t27-,39+/m1/s1. The van der Waals surface area contributed by atoms with E-state index >= 15 is 0 Å². The molecule has 2 aliphatic heterocycles. The molecular weight excluding hydrogens is 636 g/mol. The van der Waals surface area contributed by atoms with Crippen LogP contribution in [0.15, 0.2) is 109 Å². The summed E-state index contributed by atoms with van der Waals surface area (Å²) in [6.45, 7) is 1.96. The van der Waals surface area contributed by atoms with Crippen molar-refractivity contribution in [3.8, 4) is 0 Å². The van der Waals surface area contributed by atoms with Gasteiger partial charge in [-0.3, -0.25) is 29.4 Å². The number of non-ortho nitro benzene ring substituents is 1. The fraction of sp³-hybridized carbons (Fsp3) is 0.256. The fourth-order valence-electron chi connectivity index (χ4n) is 6.71. The Bertz CT molecular complexity index is 1950. The molecule has 11 heteroatoms. The molecule has 2 atom stereocenters. The van der Waals surface area contributed by atoms with Crippen molar-refractivity contribution in [1.82, 2.24) is 4.90 Å². The van der Waals surface area contributed by atoms with Gasteiger partial charge in [-0.25, -0.2) is 0 Å². The van der Waals surface area contributed by atoms with Gasteiger partial charge >= 0.3 is 0 Å². The Kier molecular flexibility index (Phi) is 9.89. The van der Waals surface area contributed by atoms with Crippen molar-refractivity contribution in [1.29, 1.82) is 0 Å². The zero-order valence-electron chi connectivity index (χ0n) is 27.6. The number of carbonyl (C=O) groups excluding carboxylic acids is 3. The number of nitrogens with zero attached hydrogens (tertiary/aromatic N) is 4. The third-order valence-corrected chi connectivity index (χ3v) is 9.40. The van der Waals surface area contributed by atoms with Crippen LogP contribution in [0.25, 0.3) is 0 Å². The summed E-state index contributed by atoms with van der Waals surface area (Å²) in [4.78, 5) is 55.9. The number of para-hydroxylation sites is 1. The van der Waals surface area contributed by atoms with Crippen LogP contribution in [0, 0.1) is 16.0 Å². The third kappa shape index (κ3) is 6.65.